The smallest absolute Gasteiger partial charge is 0.242 e. The van der Waals surface area contributed by atoms with Gasteiger partial charge >= 0.3 is 0 Å². The Morgan fingerprint density at radius 1 is 1.13 bits per heavy atom. The molecule has 0 heterocycles. The molecule has 0 aliphatic rings. The Morgan fingerprint density at radius 3 is 2.47 bits per heavy atom. The third kappa shape index (κ3) is 7.80. The van der Waals surface area contributed by atoms with Gasteiger partial charge in [0.05, 0.1) is 5.75 Å². The predicted octanol–water partition coefficient (Wildman–Crippen LogP) is 5.32. The standard InChI is InChI=1S/C24H31BrN2O2S/c1-17-9-6-7-11-20(17)15-30-16-22(28)27(14-19-10-8-12-21(25)13-19)18(2)23(29)26-24(3,4)5/h6-13,18H,14-16H2,1-5H3,(H,26,29). The molecule has 0 saturated heterocycles. The molecule has 0 aliphatic carbocycles. The Hall–Kier alpha value is -1.79. The van der Waals surface area contributed by atoms with E-state index in [0.29, 0.717) is 12.3 Å². The van der Waals surface area contributed by atoms with E-state index in [1.807, 2.05) is 57.2 Å². The van der Waals surface area contributed by atoms with E-state index in [1.54, 1.807) is 23.6 Å². The minimum Gasteiger partial charge on any atom is -0.350 e. The number of carbonyl (C=O) groups is 2. The number of amides is 2. The van der Waals surface area contributed by atoms with Crippen molar-refractivity contribution in [2.75, 3.05) is 5.75 Å². The second-order valence-corrected chi connectivity index (χ2v) is 10.4. The molecule has 6 heteroatoms. The fourth-order valence-corrected chi connectivity index (χ4v) is 4.42. The molecule has 0 aromatic heterocycles. The van der Waals surface area contributed by atoms with E-state index in [1.165, 1.54) is 11.1 Å². The van der Waals surface area contributed by atoms with Crippen LogP contribution in [0.1, 0.15) is 44.4 Å². The fourth-order valence-electron chi connectivity index (χ4n) is 2.99. The van der Waals surface area contributed by atoms with E-state index < -0.39 is 6.04 Å². The van der Waals surface area contributed by atoms with Gasteiger partial charge in [0.1, 0.15) is 6.04 Å². The molecule has 2 rings (SSSR count). The minimum atomic E-state index is -0.560. The monoisotopic (exact) mass is 490 g/mol. The Kier molecular flexibility index (Phi) is 8.98. The third-order valence-corrected chi connectivity index (χ3v) is 6.11. The van der Waals surface area contributed by atoms with Crippen molar-refractivity contribution in [1.29, 1.82) is 0 Å². The van der Waals surface area contributed by atoms with Crippen molar-refractivity contribution >= 4 is 39.5 Å². The van der Waals surface area contributed by atoms with Crippen molar-refractivity contribution in [3.05, 3.63) is 69.7 Å². The van der Waals surface area contributed by atoms with Gasteiger partial charge in [-0.2, -0.15) is 0 Å². The van der Waals surface area contributed by atoms with Gasteiger partial charge in [-0.1, -0.05) is 52.3 Å². The highest BCUT2D eigenvalue weighted by molar-refractivity contribution is 9.10. The molecule has 1 unspecified atom stereocenters. The number of hydrogen-bond donors (Lipinski definition) is 1. The molecule has 2 amide bonds. The Morgan fingerprint density at radius 2 is 1.83 bits per heavy atom. The first-order chi connectivity index (χ1) is 14.1. The lowest BCUT2D eigenvalue weighted by molar-refractivity contribution is -0.139. The first-order valence-corrected chi connectivity index (χ1v) is 12.0. The number of carbonyl (C=O) groups excluding carboxylic acids is 2. The van der Waals surface area contributed by atoms with E-state index in [0.717, 1.165) is 15.8 Å². The highest BCUT2D eigenvalue weighted by Crippen LogP contribution is 2.19. The molecular formula is C24H31BrN2O2S. The van der Waals surface area contributed by atoms with Crippen LogP contribution >= 0.6 is 27.7 Å². The van der Waals surface area contributed by atoms with Crippen LogP contribution in [0.25, 0.3) is 0 Å². The number of thioether (sulfide) groups is 1. The Labute approximate surface area is 192 Å². The molecule has 0 saturated carbocycles. The van der Waals surface area contributed by atoms with Gasteiger partial charge in [-0.3, -0.25) is 9.59 Å². The quantitative estimate of drug-likeness (QED) is 0.544. The largest absolute Gasteiger partial charge is 0.350 e. The minimum absolute atomic E-state index is 0.0369. The number of benzene rings is 2. The molecule has 0 aliphatic heterocycles. The highest BCUT2D eigenvalue weighted by atomic mass is 79.9. The van der Waals surface area contributed by atoms with E-state index in [4.69, 9.17) is 0 Å². The molecule has 4 nitrogen and oxygen atoms in total. The van der Waals surface area contributed by atoms with E-state index in [2.05, 4.69) is 40.3 Å². The zero-order chi connectivity index (χ0) is 22.3. The molecule has 2 aromatic carbocycles. The van der Waals surface area contributed by atoms with Gasteiger partial charge in [0.25, 0.3) is 0 Å². The van der Waals surface area contributed by atoms with Crippen LogP contribution in [-0.4, -0.2) is 34.0 Å². The molecule has 1 N–H and O–H groups in total. The second kappa shape index (κ2) is 11.0. The van der Waals surface area contributed by atoms with Crippen LogP contribution in [-0.2, 0) is 21.9 Å². The number of nitrogens with zero attached hydrogens (tertiary/aromatic N) is 1. The summed E-state index contributed by atoms with van der Waals surface area (Å²) in [6.45, 7) is 10.1. The normalized spacial score (nSPS) is 12.3. The number of halogens is 1. The summed E-state index contributed by atoms with van der Waals surface area (Å²) in [5.74, 6) is 0.918. The molecular weight excluding hydrogens is 460 g/mol. The molecule has 0 fully saturated rings. The molecule has 30 heavy (non-hydrogen) atoms. The van der Waals surface area contributed by atoms with Crippen molar-refractivity contribution in [2.24, 2.45) is 0 Å². The number of hydrogen-bond acceptors (Lipinski definition) is 3. The van der Waals surface area contributed by atoms with Gasteiger partial charge in [0.15, 0.2) is 0 Å². The summed E-state index contributed by atoms with van der Waals surface area (Å²) in [5, 5.41) is 2.99. The van der Waals surface area contributed by atoms with Gasteiger partial charge in [-0.25, -0.2) is 0 Å². The zero-order valence-electron chi connectivity index (χ0n) is 18.4. The maximum atomic E-state index is 13.1. The number of rotatable bonds is 8. The van der Waals surface area contributed by atoms with Crippen molar-refractivity contribution in [3.8, 4) is 0 Å². The molecule has 2 aromatic rings. The summed E-state index contributed by atoms with van der Waals surface area (Å²) >= 11 is 5.06. The third-order valence-electron chi connectivity index (χ3n) is 4.65. The van der Waals surface area contributed by atoms with Gasteiger partial charge in [0, 0.05) is 22.3 Å². The van der Waals surface area contributed by atoms with Crippen LogP contribution in [0.2, 0.25) is 0 Å². The average Bonchev–Trinajstić information content (AvgIpc) is 2.65. The second-order valence-electron chi connectivity index (χ2n) is 8.49. The summed E-state index contributed by atoms with van der Waals surface area (Å²) in [4.78, 5) is 27.6. The maximum Gasteiger partial charge on any atom is 0.242 e. The highest BCUT2D eigenvalue weighted by Gasteiger charge is 2.28. The molecule has 0 bridgehead atoms. The van der Waals surface area contributed by atoms with Crippen molar-refractivity contribution in [3.63, 3.8) is 0 Å². The average molecular weight is 491 g/mol. The van der Waals surface area contributed by atoms with Gasteiger partial charge in [-0.05, 0) is 63.4 Å². The lowest BCUT2D eigenvalue weighted by atomic mass is 10.1. The van der Waals surface area contributed by atoms with Gasteiger partial charge < -0.3 is 10.2 Å². The summed E-state index contributed by atoms with van der Waals surface area (Å²) in [5.41, 5.74) is 3.08. The van der Waals surface area contributed by atoms with E-state index >= 15 is 0 Å². The van der Waals surface area contributed by atoms with Crippen LogP contribution in [0.3, 0.4) is 0 Å². The lowest BCUT2D eigenvalue weighted by Gasteiger charge is -2.31. The lowest BCUT2D eigenvalue weighted by Crippen LogP contribution is -2.52. The molecule has 1 atom stereocenters. The molecule has 0 radical (unpaired) electrons. The summed E-state index contributed by atoms with van der Waals surface area (Å²) in [6, 6.07) is 15.5. The fraction of sp³-hybridized carbons (Fsp3) is 0.417. The SMILES string of the molecule is Cc1ccccc1CSCC(=O)N(Cc1cccc(Br)c1)C(C)C(=O)NC(C)(C)C. The van der Waals surface area contributed by atoms with Crippen LogP contribution < -0.4 is 5.32 Å². The Balaban J connectivity index is 2.11. The zero-order valence-corrected chi connectivity index (χ0v) is 20.8. The van der Waals surface area contributed by atoms with Crippen molar-refractivity contribution < 1.29 is 9.59 Å². The van der Waals surface area contributed by atoms with Crippen molar-refractivity contribution in [2.45, 2.75) is 58.5 Å². The van der Waals surface area contributed by atoms with Crippen LogP contribution in [0.15, 0.2) is 53.0 Å². The van der Waals surface area contributed by atoms with Crippen LogP contribution in [0.4, 0.5) is 0 Å². The molecule has 0 spiro atoms. The summed E-state index contributed by atoms with van der Waals surface area (Å²) < 4.78 is 0.952. The summed E-state index contributed by atoms with van der Waals surface area (Å²) in [7, 11) is 0. The van der Waals surface area contributed by atoms with Gasteiger partial charge in [0.2, 0.25) is 11.8 Å². The van der Waals surface area contributed by atoms with Crippen LogP contribution in [0, 0.1) is 6.92 Å². The first kappa shape index (κ1) is 24.5. The van der Waals surface area contributed by atoms with E-state index in [-0.39, 0.29) is 17.4 Å². The number of nitrogens with one attached hydrogen (secondary N) is 1. The Bertz CT molecular complexity index is 880. The molecule has 162 valence electrons. The van der Waals surface area contributed by atoms with Crippen LogP contribution in [0.5, 0.6) is 0 Å². The topological polar surface area (TPSA) is 49.4 Å². The van der Waals surface area contributed by atoms with E-state index in [9.17, 15) is 9.59 Å². The van der Waals surface area contributed by atoms with Gasteiger partial charge in [-0.15, -0.1) is 11.8 Å². The predicted molar refractivity (Wildman–Crippen MR) is 129 cm³/mol. The first-order valence-electron chi connectivity index (χ1n) is 10.0. The number of aryl methyl sites for hydroxylation is 1. The van der Waals surface area contributed by atoms with Crippen molar-refractivity contribution in [1.82, 2.24) is 10.2 Å². The maximum absolute atomic E-state index is 13.1. The summed E-state index contributed by atoms with van der Waals surface area (Å²) in [6.07, 6.45) is 0.